The Morgan fingerprint density at radius 2 is 1.52 bits per heavy atom. The predicted molar refractivity (Wildman–Crippen MR) is 161 cm³/mol. The first-order chi connectivity index (χ1) is 19.0. The Bertz CT molecular complexity index is 1410. The maximum atomic E-state index is 14.1. The molecule has 0 spiro atoms. The van der Waals surface area contributed by atoms with Gasteiger partial charge in [-0.3, -0.25) is 13.9 Å². The maximum absolute atomic E-state index is 14.1. The Hall–Kier alpha value is -3.07. The number of nitrogens with one attached hydrogen (secondary N) is 1. The highest BCUT2D eigenvalue weighted by Gasteiger charge is 2.34. The summed E-state index contributed by atoms with van der Waals surface area (Å²) in [6.45, 7) is 7.06. The van der Waals surface area contributed by atoms with Crippen LogP contribution in [0.25, 0.3) is 0 Å². The van der Waals surface area contributed by atoms with Crippen molar-refractivity contribution in [3.63, 3.8) is 0 Å². The standard InChI is InChI=1S/C30H35Cl2N3O4S/c1-5-22(4)33-30(37)27(6-2)34(19-23-13-15-24(31)16-14-23)29(36)20-35(28-10-8-7-9-26(28)32)40(38,39)25-17-11-21(3)12-18-25/h7-18,22,27H,5-6,19-20H2,1-4H3,(H,33,37)/t22-,27+/m0/s1. The fourth-order valence-electron chi connectivity index (χ4n) is 4.15. The zero-order chi connectivity index (χ0) is 29.4. The van der Waals surface area contributed by atoms with Crippen molar-refractivity contribution in [3.05, 3.63) is 94.0 Å². The third-order valence-corrected chi connectivity index (χ3v) is 9.01. The summed E-state index contributed by atoms with van der Waals surface area (Å²) in [5, 5.41) is 3.68. The van der Waals surface area contributed by atoms with Crippen molar-refractivity contribution in [2.24, 2.45) is 0 Å². The van der Waals surface area contributed by atoms with Gasteiger partial charge in [-0.25, -0.2) is 8.42 Å². The number of aryl methyl sites for hydroxylation is 1. The van der Waals surface area contributed by atoms with Crippen LogP contribution in [0.4, 0.5) is 5.69 Å². The van der Waals surface area contributed by atoms with Crippen LogP contribution >= 0.6 is 23.2 Å². The number of carbonyl (C=O) groups excluding carboxylic acids is 2. The molecule has 0 heterocycles. The minimum Gasteiger partial charge on any atom is -0.352 e. The van der Waals surface area contributed by atoms with E-state index in [-0.39, 0.29) is 34.1 Å². The molecule has 1 N–H and O–H groups in total. The average Bonchev–Trinajstić information content (AvgIpc) is 2.93. The van der Waals surface area contributed by atoms with Gasteiger partial charge < -0.3 is 10.2 Å². The molecule has 0 aliphatic heterocycles. The van der Waals surface area contributed by atoms with Crippen LogP contribution in [0.3, 0.4) is 0 Å². The highest BCUT2D eigenvalue weighted by Crippen LogP contribution is 2.31. The Balaban J connectivity index is 2.06. The molecule has 0 aromatic heterocycles. The monoisotopic (exact) mass is 603 g/mol. The van der Waals surface area contributed by atoms with Crippen molar-refractivity contribution in [2.45, 2.75) is 64.1 Å². The summed E-state index contributed by atoms with van der Waals surface area (Å²) in [6.07, 6.45) is 1.06. The summed E-state index contributed by atoms with van der Waals surface area (Å²) in [6, 6.07) is 18.9. The van der Waals surface area contributed by atoms with E-state index in [4.69, 9.17) is 23.2 Å². The van der Waals surface area contributed by atoms with E-state index < -0.39 is 28.5 Å². The van der Waals surface area contributed by atoms with E-state index in [1.807, 2.05) is 27.7 Å². The summed E-state index contributed by atoms with van der Waals surface area (Å²) in [5.41, 5.74) is 1.81. The Labute approximate surface area is 247 Å². The lowest BCUT2D eigenvalue weighted by atomic mass is 10.1. The zero-order valence-corrected chi connectivity index (χ0v) is 25.4. The number of halogens is 2. The van der Waals surface area contributed by atoms with Crippen LogP contribution in [0.2, 0.25) is 10.0 Å². The molecule has 3 aromatic rings. The van der Waals surface area contributed by atoms with Gasteiger partial charge in [0.1, 0.15) is 12.6 Å². The van der Waals surface area contributed by atoms with Crippen LogP contribution in [0.15, 0.2) is 77.7 Å². The molecule has 0 aliphatic carbocycles. The Morgan fingerprint density at radius 1 is 0.900 bits per heavy atom. The lowest BCUT2D eigenvalue weighted by Crippen LogP contribution is -2.53. The molecule has 0 bridgehead atoms. The highest BCUT2D eigenvalue weighted by molar-refractivity contribution is 7.92. The minimum atomic E-state index is -4.19. The summed E-state index contributed by atoms with van der Waals surface area (Å²) < 4.78 is 28.8. The third kappa shape index (κ3) is 7.77. The van der Waals surface area contributed by atoms with E-state index in [0.29, 0.717) is 11.4 Å². The molecule has 0 radical (unpaired) electrons. The number of benzene rings is 3. The van der Waals surface area contributed by atoms with Crippen LogP contribution in [0.1, 0.15) is 44.7 Å². The molecule has 7 nitrogen and oxygen atoms in total. The van der Waals surface area contributed by atoms with Gasteiger partial charge in [0.25, 0.3) is 10.0 Å². The van der Waals surface area contributed by atoms with Crippen LogP contribution in [-0.2, 0) is 26.2 Å². The quantitative estimate of drug-likeness (QED) is 0.266. The van der Waals surface area contributed by atoms with E-state index >= 15 is 0 Å². The smallest absolute Gasteiger partial charge is 0.264 e. The summed E-state index contributed by atoms with van der Waals surface area (Å²) in [4.78, 5) is 28.8. The molecule has 0 fully saturated rings. The second-order valence-electron chi connectivity index (χ2n) is 9.67. The summed E-state index contributed by atoms with van der Waals surface area (Å²) in [7, 11) is -4.19. The molecule has 3 aromatic carbocycles. The second kappa shape index (κ2) is 14.0. The molecule has 40 heavy (non-hydrogen) atoms. The van der Waals surface area contributed by atoms with Crippen LogP contribution in [0.5, 0.6) is 0 Å². The number of carbonyl (C=O) groups is 2. The van der Waals surface area contributed by atoms with Gasteiger partial charge in [0.2, 0.25) is 11.8 Å². The molecule has 0 saturated carbocycles. The molecule has 10 heteroatoms. The number of rotatable bonds is 12. The lowest BCUT2D eigenvalue weighted by Gasteiger charge is -2.34. The lowest BCUT2D eigenvalue weighted by molar-refractivity contribution is -0.140. The number of anilines is 1. The van der Waals surface area contributed by atoms with Gasteiger partial charge >= 0.3 is 0 Å². The summed E-state index contributed by atoms with van der Waals surface area (Å²) >= 11 is 12.5. The maximum Gasteiger partial charge on any atom is 0.264 e. The van der Waals surface area contributed by atoms with E-state index in [2.05, 4.69) is 5.32 Å². The van der Waals surface area contributed by atoms with Crippen molar-refractivity contribution in [1.82, 2.24) is 10.2 Å². The van der Waals surface area contributed by atoms with Gasteiger partial charge in [0.15, 0.2) is 0 Å². The van der Waals surface area contributed by atoms with Crippen molar-refractivity contribution >= 4 is 50.7 Å². The van der Waals surface area contributed by atoms with E-state index in [1.54, 1.807) is 60.7 Å². The topological polar surface area (TPSA) is 86.8 Å². The van der Waals surface area contributed by atoms with Gasteiger partial charge in [-0.1, -0.05) is 79.0 Å². The molecule has 0 aliphatic rings. The molecule has 0 saturated heterocycles. The largest absolute Gasteiger partial charge is 0.352 e. The minimum absolute atomic E-state index is 0.0247. The number of sulfonamides is 1. The van der Waals surface area contributed by atoms with Gasteiger partial charge in [-0.2, -0.15) is 0 Å². The van der Waals surface area contributed by atoms with Crippen LogP contribution < -0.4 is 9.62 Å². The number of para-hydroxylation sites is 1. The van der Waals surface area contributed by atoms with Crippen molar-refractivity contribution < 1.29 is 18.0 Å². The molecule has 2 amide bonds. The second-order valence-corrected chi connectivity index (χ2v) is 12.4. The average molecular weight is 605 g/mol. The first kappa shape index (κ1) is 31.5. The molecule has 214 valence electrons. The Morgan fingerprint density at radius 3 is 2.10 bits per heavy atom. The van der Waals surface area contributed by atoms with Gasteiger partial charge in [-0.15, -0.1) is 0 Å². The van der Waals surface area contributed by atoms with Gasteiger partial charge in [0, 0.05) is 17.6 Å². The number of hydrogen-bond acceptors (Lipinski definition) is 4. The normalized spacial score (nSPS) is 12.8. The SMILES string of the molecule is CC[C@H](C(=O)N[C@@H](C)CC)N(Cc1ccc(Cl)cc1)C(=O)CN(c1ccccc1Cl)S(=O)(=O)c1ccc(C)cc1. The highest BCUT2D eigenvalue weighted by atomic mass is 35.5. The first-order valence-electron chi connectivity index (χ1n) is 13.2. The van der Waals surface area contributed by atoms with Crippen LogP contribution in [0, 0.1) is 6.92 Å². The number of nitrogens with zero attached hydrogens (tertiary/aromatic N) is 2. The summed E-state index contributed by atoms with van der Waals surface area (Å²) in [5.74, 6) is -0.846. The Kier molecular flexibility index (Phi) is 11.0. The van der Waals surface area contributed by atoms with Crippen molar-refractivity contribution in [3.8, 4) is 0 Å². The molecular weight excluding hydrogens is 569 g/mol. The number of amides is 2. The third-order valence-electron chi connectivity index (χ3n) is 6.66. The fraction of sp³-hybridized carbons (Fsp3) is 0.333. The zero-order valence-electron chi connectivity index (χ0n) is 23.1. The van der Waals surface area contributed by atoms with E-state index in [9.17, 15) is 18.0 Å². The van der Waals surface area contributed by atoms with E-state index in [0.717, 1.165) is 21.9 Å². The molecule has 3 rings (SSSR count). The van der Waals surface area contributed by atoms with Gasteiger partial charge in [0.05, 0.1) is 15.6 Å². The van der Waals surface area contributed by atoms with E-state index in [1.165, 1.54) is 17.0 Å². The van der Waals surface area contributed by atoms with Gasteiger partial charge in [-0.05, 0) is 68.7 Å². The molecule has 2 atom stereocenters. The van der Waals surface area contributed by atoms with Crippen molar-refractivity contribution in [2.75, 3.05) is 10.8 Å². The van der Waals surface area contributed by atoms with Crippen LogP contribution in [-0.4, -0.2) is 43.8 Å². The number of hydrogen-bond donors (Lipinski definition) is 1. The molecule has 0 unspecified atom stereocenters. The molecular formula is C30H35Cl2N3O4S. The van der Waals surface area contributed by atoms with Crippen molar-refractivity contribution in [1.29, 1.82) is 0 Å². The fourth-order valence-corrected chi connectivity index (χ4v) is 6.00. The first-order valence-corrected chi connectivity index (χ1v) is 15.4. The predicted octanol–water partition coefficient (Wildman–Crippen LogP) is 6.22.